The van der Waals surface area contributed by atoms with E-state index in [2.05, 4.69) is 5.32 Å². The monoisotopic (exact) mass is 352 g/mol. The average molecular weight is 353 g/mol. The van der Waals surface area contributed by atoms with Gasteiger partial charge in [0.25, 0.3) is 11.6 Å². The number of hydrogen-bond acceptors (Lipinski definition) is 4. The predicted molar refractivity (Wildman–Crippen MR) is 86.3 cm³/mol. The quantitative estimate of drug-likeness (QED) is 0.671. The van der Waals surface area contributed by atoms with E-state index in [4.69, 9.17) is 27.9 Å². The van der Waals surface area contributed by atoms with Crippen LogP contribution in [0.4, 0.5) is 11.4 Å². The van der Waals surface area contributed by atoms with Crippen LogP contribution in [0, 0.1) is 10.1 Å². The van der Waals surface area contributed by atoms with Crippen molar-refractivity contribution in [2.24, 2.45) is 0 Å². The lowest BCUT2D eigenvalue weighted by Crippen LogP contribution is -2.31. The minimum Gasteiger partial charge on any atom is -0.480 e. The van der Waals surface area contributed by atoms with Crippen LogP contribution in [0.3, 0.4) is 0 Å². The van der Waals surface area contributed by atoms with Gasteiger partial charge in [-0.3, -0.25) is 14.9 Å². The van der Waals surface area contributed by atoms with Crippen molar-refractivity contribution >= 4 is 40.5 Å². The van der Waals surface area contributed by atoms with Crippen LogP contribution in [0.1, 0.15) is 5.56 Å². The maximum atomic E-state index is 12.3. The average Bonchev–Trinajstić information content (AvgIpc) is 2.92. The van der Waals surface area contributed by atoms with Gasteiger partial charge in [-0.1, -0.05) is 23.2 Å². The summed E-state index contributed by atoms with van der Waals surface area (Å²) >= 11 is 11.6. The summed E-state index contributed by atoms with van der Waals surface area (Å²) in [5.41, 5.74) is 0.857. The van der Waals surface area contributed by atoms with Crippen molar-refractivity contribution in [3.63, 3.8) is 0 Å². The van der Waals surface area contributed by atoms with Gasteiger partial charge in [0, 0.05) is 23.2 Å². The van der Waals surface area contributed by atoms with Crippen LogP contribution in [0.25, 0.3) is 0 Å². The highest BCUT2D eigenvalue weighted by atomic mass is 35.5. The number of ether oxygens (including phenoxy) is 1. The van der Waals surface area contributed by atoms with Gasteiger partial charge in [-0.05, 0) is 35.9 Å². The number of carbonyl (C=O) groups excluding carboxylic acids is 1. The van der Waals surface area contributed by atoms with Gasteiger partial charge >= 0.3 is 0 Å². The predicted octanol–water partition coefficient (Wildman–Crippen LogP) is 3.84. The van der Waals surface area contributed by atoms with Gasteiger partial charge < -0.3 is 10.1 Å². The lowest BCUT2D eigenvalue weighted by molar-refractivity contribution is -0.384. The van der Waals surface area contributed by atoms with Crippen LogP contribution in [-0.4, -0.2) is 16.9 Å². The first-order chi connectivity index (χ1) is 10.9. The summed E-state index contributed by atoms with van der Waals surface area (Å²) in [6.07, 6.45) is -0.324. The Bertz CT molecular complexity index is 810. The van der Waals surface area contributed by atoms with Gasteiger partial charge in [-0.25, -0.2) is 0 Å². The molecule has 0 bridgehead atoms. The maximum absolute atomic E-state index is 12.3. The first-order valence-corrected chi connectivity index (χ1v) is 7.39. The fourth-order valence-electron chi connectivity index (χ4n) is 2.32. The Kier molecular flexibility index (Phi) is 4.11. The number of carbonyl (C=O) groups is 1. The molecular formula is C15H10Cl2N2O4. The Labute approximate surface area is 141 Å². The molecular weight excluding hydrogens is 343 g/mol. The van der Waals surface area contributed by atoms with E-state index in [-0.39, 0.29) is 16.4 Å². The van der Waals surface area contributed by atoms with Crippen molar-refractivity contribution in [3.8, 4) is 5.75 Å². The van der Waals surface area contributed by atoms with E-state index in [0.29, 0.717) is 17.2 Å². The Hall–Kier alpha value is -2.31. The van der Waals surface area contributed by atoms with Gasteiger partial charge in [-0.2, -0.15) is 0 Å². The molecule has 1 amide bonds. The summed E-state index contributed by atoms with van der Waals surface area (Å²) in [7, 11) is 0. The van der Waals surface area contributed by atoms with Gasteiger partial charge in [0.1, 0.15) is 10.8 Å². The smallest absolute Gasteiger partial charge is 0.289 e. The van der Waals surface area contributed by atoms with Crippen molar-refractivity contribution in [3.05, 3.63) is 62.1 Å². The fourth-order valence-corrected chi connectivity index (χ4v) is 2.70. The van der Waals surface area contributed by atoms with E-state index in [1.807, 2.05) is 0 Å². The van der Waals surface area contributed by atoms with Crippen molar-refractivity contribution in [2.45, 2.75) is 12.5 Å². The zero-order valence-electron chi connectivity index (χ0n) is 11.6. The van der Waals surface area contributed by atoms with E-state index in [1.54, 1.807) is 18.2 Å². The van der Waals surface area contributed by atoms with Crippen molar-refractivity contribution in [2.75, 3.05) is 5.32 Å². The van der Waals surface area contributed by atoms with Crippen LogP contribution >= 0.6 is 23.2 Å². The Morgan fingerprint density at radius 1 is 1.26 bits per heavy atom. The molecule has 2 aromatic rings. The molecule has 0 radical (unpaired) electrons. The number of nitrogens with zero attached hydrogens (tertiary/aromatic N) is 1. The maximum Gasteiger partial charge on any atom is 0.289 e. The lowest BCUT2D eigenvalue weighted by atomic mass is 10.1. The molecule has 1 atom stereocenters. The number of nitrogens with one attached hydrogen (secondary N) is 1. The van der Waals surface area contributed by atoms with Crippen molar-refractivity contribution < 1.29 is 14.5 Å². The molecule has 1 aliphatic rings. The largest absolute Gasteiger partial charge is 0.480 e. The number of benzene rings is 2. The zero-order valence-corrected chi connectivity index (χ0v) is 13.1. The highest BCUT2D eigenvalue weighted by molar-refractivity contribution is 6.32. The Morgan fingerprint density at radius 3 is 2.78 bits per heavy atom. The summed E-state index contributed by atoms with van der Waals surface area (Å²) in [5, 5.41) is 14.0. The van der Waals surface area contributed by atoms with Gasteiger partial charge in [0.05, 0.1) is 4.92 Å². The topological polar surface area (TPSA) is 81.5 Å². The highest BCUT2D eigenvalue weighted by Crippen LogP contribution is 2.32. The third-order valence-corrected chi connectivity index (χ3v) is 3.95. The number of nitro benzene ring substituents is 1. The molecule has 0 saturated carbocycles. The van der Waals surface area contributed by atoms with Crippen LogP contribution in [0.15, 0.2) is 36.4 Å². The van der Waals surface area contributed by atoms with Crippen LogP contribution < -0.4 is 10.1 Å². The number of anilines is 1. The first-order valence-electron chi connectivity index (χ1n) is 6.64. The molecule has 1 aliphatic heterocycles. The van der Waals surface area contributed by atoms with E-state index >= 15 is 0 Å². The molecule has 23 heavy (non-hydrogen) atoms. The molecule has 0 spiro atoms. The molecule has 0 aliphatic carbocycles. The summed E-state index contributed by atoms with van der Waals surface area (Å²) in [6, 6.07) is 9.20. The number of rotatable bonds is 3. The minimum atomic E-state index is -0.710. The Morgan fingerprint density at radius 2 is 2.04 bits per heavy atom. The molecule has 8 heteroatoms. The van der Waals surface area contributed by atoms with Crippen molar-refractivity contribution in [1.29, 1.82) is 0 Å². The fraction of sp³-hybridized carbons (Fsp3) is 0.133. The number of amides is 1. The summed E-state index contributed by atoms with van der Waals surface area (Å²) in [6.45, 7) is 0. The van der Waals surface area contributed by atoms with Gasteiger partial charge in [-0.15, -0.1) is 0 Å². The van der Waals surface area contributed by atoms with Crippen LogP contribution in [0.2, 0.25) is 10.0 Å². The third kappa shape index (κ3) is 3.23. The number of hydrogen-bond donors (Lipinski definition) is 1. The second kappa shape index (κ2) is 6.06. The molecule has 3 rings (SSSR count). The summed E-state index contributed by atoms with van der Waals surface area (Å²) in [4.78, 5) is 22.5. The third-order valence-electron chi connectivity index (χ3n) is 3.40. The van der Waals surface area contributed by atoms with Crippen LogP contribution in [0.5, 0.6) is 5.75 Å². The molecule has 0 saturated heterocycles. The first kappa shape index (κ1) is 15.6. The normalized spacial score (nSPS) is 15.7. The molecule has 6 nitrogen and oxygen atoms in total. The molecule has 118 valence electrons. The molecule has 0 aromatic heterocycles. The minimum absolute atomic E-state index is 0.00663. The summed E-state index contributed by atoms with van der Waals surface area (Å²) < 4.78 is 5.57. The SMILES string of the molecule is O=C(Nc1ccc(Cl)c([N+](=O)[O-])c1)C1Cc2cc(Cl)ccc2O1. The van der Waals surface area contributed by atoms with E-state index in [9.17, 15) is 14.9 Å². The van der Waals surface area contributed by atoms with Crippen molar-refractivity contribution in [1.82, 2.24) is 0 Å². The van der Waals surface area contributed by atoms with E-state index in [0.717, 1.165) is 5.56 Å². The second-order valence-electron chi connectivity index (χ2n) is 4.98. The molecule has 2 aromatic carbocycles. The molecule has 1 unspecified atom stereocenters. The van der Waals surface area contributed by atoms with Gasteiger partial charge in [0.2, 0.25) is 0 Å². The molecule has 1 N–H and O–H groups in total. The van der Waals surface area contributed by atoms with Crippen LogP contribution in [-0.2, 0) is 11.2 Å². The lowest BCUT2D eigenvalue weighted by Gasteiger charge is -2.11. The molecule has 0 fully saturated rings. The number of nitro groups is 1. The Balaban J connectivity index is 1.74. The number of fused-ring (bicyclic) bond motifs is 1. The molecule has 1 heterocycles. The number of halogens is 2. The standard InChI is InChI=1S/C15H10Cl2N2O4/c16-9-1-4-13-8(5-9)6-14(23-13)15(20)18-10-2-3-11(17)12(7-10)19(21)22/h1-5,7,14H,6H2,(H,18,20). The zero-order chi connectivity index (χ0) is 16.6. The second-order valence-corrected chi connectivity index (χ2v) is 5.82. The van der Waals surface area contributed by atoms with E-state index < -0.39 is 16.9 Å². The highest BCUT2D eigenvalue weighted by Gasteiger charge is 2.29. The summed E-state index contributed by atoms with van der Waals surface area (Å²) in [5.74, 6) is 0.213. The van der Waals surface area contributed by atoms with E-state index in [1.165, 1.54) is 18.2 Å². The van der Waals surface area contributed by atoms with Gasteiger partial charge in [0.15, 0.2) is 6.10 Å².